The van der Waals surface area contributed by atoms with Gasteiger partial charge in [-0.3, -0.25) is 9.59 Å². The first-order valence-corrected chi connectivity index (χ1v) is 21.1. The van der Waals surface area contributed by atoms with E-state index in [9.17, 15) is 19.8 Å². The van der Waals surface area contributed by atoms with Gasteiger partial charge < -0.3 is 29.2 Å². The number of hydrogen-bond acceptors (Lipinski definition) is 8. The summed E-state index contributed by atoms with van der Waals surface area (Å²) in [4.78, 5) is 24.8. The maximum absolute atomic E-state index is 12.5. The zero-order valence-electron chi connectivity index (χ0n) is 33.0. The minimum atomic E-state index is -1.42. The van der Waals surface area contributed by atoms with Gasteiger partial charge in [-0.25, -0.2) is 0 Å². The van der Waals surface area contributed by atoms with Crippen LogP contribution in [0.5, 0.6) is 0 Å². The van der Waals surface area contributed by atoms with Crippen LogP contribution in [0.15, 0.2) is 24.3 Å². The first-order chi connectivity index (χ1) is 24.9. The van der Waals surface area contributed by atoms with Crippen molar-refractivity contribution in [2.45, 2.75) is 224 Å². The van der Waals surface area contributed by atoms with E-state index in [1.165, 1.54) is 103 Å². The number of methoxy groups -OCH3 is 1. The van der Waals surface area contributed by atoms with Crippen LogP contribution in [0.4, 0.5) is 0 Å². The van der Waals surface area contributed by atoms with Gasteiger partial charge in [0, 0.05) is 20.0 Å². The average Bonchev–Trinajstić information content (AvgIpc) is 3.13. The van der Waals surface area contributed by atoms with Crippen molar-refractivity contribution in [1.29, 1.82) is 0 Å². The van der Waals surface area contributed by atoms with E-state index in [1.54, 1.807) is 0 Å². The van der Waals surface area contributed by atoms with Gasteiger partial charge in [0.05, 0.1) is 0 Å². The van der Waals surface area contributed by atoms with Gasteiger partial charge in [0.25, 0.3) is 0 Å². The first-order valence-electron chi connectivity index (χ1n) is 21.1. The van der Waals surface area contributed by atoms with Gasteiger partial charge in [-0.05, 0) is 64.2 Å². The lowest BCUT2D eigenvalue weighted by molar-refractivity contribution is -0.298. The molecule has 1 heterocycles. The van der Waals surface area contributed by atoms with E-state index in [4.69, 9.17) is 18.9 Å². The fourth-order valence-corrected chi connectivity index (χ4v) is 6.50. The van der Waals surface area contributed by atoms with Crippen molar-refractivity contribution < 1.29 is 38.7 Å². The summed E-state index contributed by atoms with van der Waals surface area (Å²) in [6, 6.07) is 0. The molecule has 298 valence electrons. The highest BCUT2D eigenvalue weighted by Gasteiger charge is 2.47. The van der Waals surface area contributed by atoms with E-state index >= 15 is 0 Å². The predicted molar refractivity (Wildman–Crippen MR) is 207 cm³/mol. The van der Waals surface area contributed by atoms with Gasteiger partial charge in [-0.1, -0.05) is 141 Å². The highest BCUT2D eigenvalue weighted by molar-refractivity contribution is 5.69. The number of allylic oxidation sites excluding steroid dienone is 4. The van der Waals surface area contributed by atoms with Crippen LogP contribution < -0.4 is 0 Å². The summed E-state index contributed by atoms with van der Waals surface area (Å²) in [6.07, 6.45) is 34.5. The van der Waals surface area contributed by atoms with Crippen LogP contribution in [0.25, 0.3) is 0 Å². The predicted octanol–water partition coefficient (Wildman–Crippen LogP) is 10.6. The highest BCUT2D eigenvalue weighted by atomic mass is 16.7. The minimum absolute atomic E-state index is 0.211. The molecule has 0 amide bonds. The van der Waals surface area contributed by atoms with Crippen molar-refractivity contribution in [1.82, 2.24) is 0 Å². The molecule has 51 heavy (non-hydrogen) atoms. The Labute approximate surface area is 312 Å². The Bertz CT molecular complexity index is 870. The molecule has 0 saturated carbocycles. The van der Waals surface area contributed by atoms with Crippen LogP contribution >= 0.6 is 0 Å². The van der Waals surface area contributed by atoms with Crippen LogP contribution in [0.1, 0.15) is 194 Å². The molecular weight excluding hydrogens is 644 g/mol. The molecule has 8 heteroatoms. The van der Waals surface area contributed by atoms with Gasteiger partial charge in [-0.2, -0.15) is 0 Å². The molecule has 0 bridgehead atoms. The number of carbonyl (C=O) groups is 2. The minimum Gasteiger partial charge on any atom is -0.463 e. The fourth-order valence-electron chi connectivity index (χ4n) is 6.50. The molecule has 5 atom stereocenters. The van der Waals surface area contributed by atoms with Crippen LogP contribution in [-0.2, 0) is 28.5 Å². The number of aliphatic hydroxyl groups excluding tert-OH is 2. The second kappa shape index (κ2) is 34.1. The van der Waals surface area contributed by atoms with Crippen molar-refractivity contribution in [2.75, 3.05) is 13.7 Å². The molecule has 0 aromatic rings. The molecule has 2 N–H and O–H groups in total. The van der Waals surface area contributed by atoms with Gasteiger partial charge in [0.15, 0.2) is 12.4 Å². The number of ether oxygens (including phenoxy) is 4. The molecule has 0 spiro atoms. The van der Waals surface area contributed by atoms with Crippen molar-refractivity contribution in [2.24, 2.45) is 0 Å². The molecule has 1 unspecified atom stereocenters. The third-order valence-corrected chi connectivity index (χ3v) is 9.84. The summed E-state index contributed by atoms with van der Waals surface area (Å²) in [7, 11) is 1.38. The number of carbonyl (C=O) groups excluding carboxylic acids is 2. The molecule has 0 radical (unpaired) electrons. The lowest BCUT2D eigenvalue weighted by Gasteiger charge is -2.41. The number of unbranched alkanes of at least 4 members (excludes halogenated alkanes) is 22. The summed E-state index contributed by atoms with van der Waals surface area (Å²) in [6.45, 7) is 4.29. The third-order valence-electron chi connectivity index (χ3n) is 9.84. The smallest absolute Gasteiger partial charge is 0.306 e. The zero-order valence-corrected chi connectivity index (χ0v) is 33.0. The van der Waals surface area contributed by atoms with Gasteiger partial charge >= 0.3 is 11.9 Å². The summed E-state index contributed by atoms with van der Waals surface area (Å²) in [5.74, 6) is -0.820. The van der Waals surface area contributed by atoms with Crippen molar-refractivity contribution in [3.05, 3.63) is 24.3 Å². The van der Waals surface area contributed by atoms with Crippen LogP contribution in [0.3, 0.4) is 0 Å². The standard InChI is InChI=1S/C43H78O8/c1-4-6-8-10-12-14-16-18-20-22-24-26-28-30-32-34-38(44)49-36-37-40(46)41(47)42(43(48-3)50-37)51-39(45)35-33-31-29-27-25-23-21-19-17-15-13-11-9-7-5-2/h18-21,37,40-43,46-47H,4-17,22-36H2,1-3H3/t37-,40-,41+,42-,43?/m1/s1. The number of aliphatic hydroxyl groups is 2. The van der Waals surface area contributed by atoms with Crippen molar-refractivity contribution in [3.63, 3.8) is 0 Å². The van der Waals surface area contributed by atoms with Gasteiger partial charge in [0.2, 0.25) is 0 Å². The Kier molecular flexibility index (Phi) is 31.6. The Hall–Kier alpha value is -1.74. The maximum atomic E-state index is 12.5. The van der Waals surface area contributed by atoms with Crippen LogP contribution in [0, 0.1) is 0 Å². The van der Waals surface area contributed by atoms with E-state index in [2.05, 4.69) is 38.2 Å². The number of esters is 2. The van der Waals surface area contributed by atoms with Crippen molar-refractivity contribution in [3.8, 4) is 0 Å². The SMILES string of the molecule is CCCCCCCCC=CCCCCCCCC(=O)OC[C@H]1OC(OC)[C@H](OC(=O)CCCCCCCC=CCCCCCCCC)[C@@H](O)[C@@H]1O. The Morgan fingerprint density at radius 2 is 0.941 bits per heavy atom. The molecule has 1 rings (SSSR count). The third kappa shape index (κ3) is 25.8. The lowest BCUT2D eigenvalue weighted by atomic mass is 9.99. The molecule has 8 nitrogen and oxygen atoms in total. The normalized spacial score (nSPS) is 20.8. The molecule has 1 aliphatic rings. The molecular formula is C43H78O8. The summed E-state index contributed by atoms with van der Waals surface area (Å²) < 4.78 is 21.9. The number of rotatable bonds is 34. The zero-order chi connectivity index (χ0) is 37.2. The molecule has 0 aromatic carbocycles. The summed E-state index contributed by atoms with van der Waals surface area (Å²) in [5, 5.41) is 21.4. The second-order valence-corrected chi connectivity index (χ2v) is 14.6. The van der Waals surface area contributed by atoms with Crippen molar-refractivity contribution >= 4 is 11.9 Å². The van der Waals surface area contributed by atoms with Crippen LogP contribution in [0.2, 0.25) is 0 Å². The van der Waals surface area contributed by atoms with Crippen LogP contribution in [-0.4, -0.2) is 66.6 Å². The summed E-state index contributed by atoms with van der Waals surface area (Å²) >= 11 is 0. The average molecular weight is 723 g/mol. The van der Waals surface area contributed by atoms with E-state index in [-0.39, 0.29) is 19.0 Å². The highest BCUT2D eigenvalue weighted by Crippen LogP contribution is 2.25. The maximum Gasteiger partial charge on any atom is 0.306 e. The molecule has 0 aromatic heterocycles. The Morgan fingerprint density at radius 3 is 1.37 bits per heavy atom. The topological polar surface area (TPSA) is 112 Å². The molecule has 1 aliphatic heterocycles. The van der Waals surface area contributed by atoms with E-state index in [1.807, 2.05) is 0 Å². The Balaban J connectivity index is 2.12. The monoisotopic (exact) mass is 723 g/mol. The molecule has 1 fully saturated rings. The molecule has 1 saturated heterocycles. The second-order valence-electron chi connectivity index (χ2n) is 14.6. The summed E-state index contributed by atoms with van der Waals surface area (Å²) in [5.41, 5.74) is 0. The van der Waals surface area contributed by atoms with E-state index < -0.39 is 36.7 Å². The first kappa shape index (κ1) is 47.3. The Morgan fingerprint density at radius 1 is 0.549 bits per heavy atom. The van der Waals surface area contributed by atoms with Gasteiger partial charge in [0.1, 0.15) is 24.9 Å². The number of hydrogen-bond donors (Lipinski definition) is 2. The van der Waals surface area contributed by atoms with E-state index in [0.717, 1.165) is 64.2 Å². The van der Waals surface area contributed by atoms with E-state index in [0.29, 0.717) is 12.8 Å². The largest absolute Gasteiger partial charge is 0.463 e. The quantitative estimate of drug-likeness (QED) is 0.0384. The fraction of sp³-hybridized carbons (Fsp3) is 0.860. The van der Waals surface area contributed by atoms with Gasteiger partial charge in [-0.15, -0.1) is 0 Å². The molecule has 0 aliphatic carbocycles. The lowest BCUT2D eigenvalue weighted by Crippen LogP contribution is -2.60.